The molecule has 0 aromatic heterocycles. The summed E-state index contributed by atoms with van der Waals surface area (Å²) in [5.41, 5.74) is -3.07. The first-order chi connectivity index (χ1) is 17.3. The molecule has 0 spiro atoms. The fourth-order valence-electron chi connectivity index (χ4n) is 3.98. The molecule has 0 bridgehead atoms. The van der Waals surface area contributed by atoms with Crippen LogP contribution in [-0.4, -0.2) is 23.5 Å². The molecule has 0 aliphatic heterocycles. The van der Waals surface area contributed by atoms with E-state index in [0.717, 1.165) is 0 Å². The second kappa shape index (κ2) is 10.5. The van der Waals surface area contributed by atoms with Crippen LogP contribution in [0.4, 0.5) is 0 Å². The van der Waals surface area contributed by atoms with Crippen LogP contribution < -0.4 is 0 Å². The first-order valence-electron chi connectivity index (χ1n) is 11.0. The molecule has 182 valence electrons. The lowest BCUT2D eigenvalue weighted by atomic mass is 9.75. The summed E-state index contributed by atoms with van der Waals surface area (Å²) < 4.78 is 0. The van der Waals surface area contributed by atoms with Gasteiger partial charge in [0.15, 0.2) is 22.4 Å². The minimum absolute atomic E-state index is 0.0984. The van der Waals surface area contributed by atoms with Gasteiger partial charge in [-0.1, -0.05) is 108 Å². The van der Waals surface area contributed by atoms with E-state index in [0.29, 0.717) is 10.1 Å². The predicted octanol–water partition coefficient (Wildman–Crippen LogP) is 5.89. The monoisotopic (exact) mass is 522 g/mol. The molecule has 0 saturated heterocycles. The molecule has 4 rings (SSSR count). The summed E-state index contributed by atoms with van der Waals surface area (Å²) in [5.74, 6) is -3.33. The second-order valence-corrected chi connectivity index (χ2v) is 9.20. The Bertz CT molecular complexity index is 1220. The molecule has 6 nitrogen and oxygen atoms in total. The largest absolute Gasteiger partial charge is 0.373 e. The van der Waals surface area contributed by atoms with E-state index in [4.69, 9.17) is 33.0 Å². The summed E-state index contributed by atoms with van der Waals surface area (Å²) in [6.45, 7) is 0. The Morgan fingerprint density at radius 2 is 0.972 bits per heavy atom. The zero-order chi connectivity index (χ0) is 25.8. The SMILES string of the molecule is O=C(OOC(=O)C1(C(=O)c2ccccc2)C=CC(Cl)=CC1)C1(C(=O)c2ccccc2)C=CC(Cl)=CC1. The average molecular weight is 523 g/mol. The number of rotatable bonds is 6. The number of halogens is 2. The maximum absolute atomic E-state index is 13.4. The Balaban J connectivity index is 1.59. The normalized spacial score (nSPS) is 22.7. The number of allylic oxidation sites excluding steroid dienone is 6. The third-order valence-corrected chi connectivity index (χ3v) is 6.66. The van der Waals surface area contributed by atoms with Crippen LogP contribution in [0.1, 0.15) is 33.6 Å². The Kier molecular flexibility index (Phi) is 7.38. The lowest BCUT2D eigenvalue weighted by molar-refractivity contribution is -0.267. The van der Waals surface area contributed by atoms with E-state index in [9.17, 15) is 19.2 Å². The average Bonchev–Trinajstić information content (AvgIpc) is 2.93. The molecule has 0 amide bonds. The van der Waals surface area contributed by atoms with Crippen LogP contribution in [0.15, 0.2) is 107 Å². The lowest BCUT2D eigenvalue weighted by Gasteiger charge is -2.29. The summed E-state index contributed by atoms with van der Waals surface area (Å²) >= 11 is 12.0. The molecule has 8 heteroatoms. The number of hydrogen-bond donors (Lipinski definition) is 0. The van der Waals surface area contributed by atoms with Crippen molar-refractivity contribution in [3.05, 3.63) is 118 Å². The van der Waals surface area contributed by atoms with Gasteiger partial charge in [-0.3, -0.25) is 9.59 Å². The number of Topliss-reactive ketones (excluding diaryl/α,β-unsaturated/α-hetero) is 2. The van der Waals surface area contributed by atoms with E-state index >= 15 is 0 Å². The summed E-state index contributed by atoms with van der Waals surface area (Å²) in [6, 6.07) is 16.4. The third kappa shape index (κ3) is 4.83. The minimum atomic E-state index is -1.80. The highest BCUT2D eigenvalue weighted by Gasteiger charge is 2.50. The molecular formula is C28H20Cl2O6. The van der Waals surface area contributed by atoms with E-state index < -0.39 is 34.3 Å². The fraction of sp³-hybridized carbons (Fsp3) is 0.143. The minimum Gasteiger partial charge on any atom is -0.293 e. The predicted molar refractivity (Wildman–Crippen MR) is 134 cm³/mol. The first kappa shape index (κ1) is 25.4. The molecule has 2 aromatic carbocycles. The number of carbonyl (C=O) groups is 4. The molecule has 0 fully saturated rings. The standard InChI is InChI=1S/C28H20Cl2O6/c29-21-11-15-27(16-12-21,23(31)19-7-3-1-4-8-19)25(33)35-36-26(34)28(17-13-22(30)14-18-28)24(32)20-9-5-2-6-10-20/h1-15,17H,16,18H2. The van der Waals surface area contributed by atoms with Gasteiger partial charge in [-0.05, 0) is 25.0 Å². The number of benzene rings is 2. The van der Waals surface area contributed by atoms with Gasteiger partial charge in [-0.2, -0.15) is 0 Å². The zero-order valence-corrected chi connectivity index (χ0v) is 20.4. The Hall–Kier alpha value is -3.74. The molecule has 2 aliphatic rings. The maximum Gasteiger partial charge on any atom is 0.373 e. The van der Waals surface area contributed by atoms with Gasteiger partial charge >= 0.3 is 11.9 Å². The van der Waals surface area contributed by atoms with Gasteiger partial charge in [0.1, 0.15) is 0 Å². The van der Waals surface area contributed by atoms with E-state index in [1.165, 1.54) is 36.5 Å². The van der Waals surface area contributed by atoms with Crippen molar-refractivity contribution < 1.29 is 29.0 Å². The van der Waals surface area contributed by atoms with Crippen LogP contribution in [0.2, 0.25) is 0 Å². The van der Waals surface area contributed by atoms with Crippen LogP contribution in [0.5, 0.6) is 0 Å². The highest BCUT2D eigenvalue weighted by Crippen LogP contribution is 2.38. The van der Waals surface area contributed by atoms with Crippen molar-refractivity contribution in [1.82, 2.24) is 0 Å². The number of carbonyl (C=O) groups excluding carboxylic acids is 4. The van der Waals surface area contributed by atoms with Crippen LogP contribution >= 0.6 is 23.2 Å². The Labute approximate surface area is 217 Å². The van der Waals surface area contributed by atoms with Crippen molar-refractivity contribution in [2.24, 2.45) is 10.8 Å². The van der Waals surface area contributed by atoms with Gasteiger partial charge in [0.2, 0.25) is 0 Å². The molecule has 0 heterocycles. The number of ketones is 2. The highest BCUT2D eigenvalue weighted by molar-refractivity contribution is 6.32. The number of hydrogen-bond acceptors (Lipinski definition) is 6. The molecule has 0 radical (unpaired) electrons. The van der Waals surface area contributed by atoms with Crippen LogP contribution in [0, 0.1) is 10.8 Å². The van der Waals surface area contributed by atoms with Crippen molar-refractivity contribution in [3.63, 3.8) is 0 Å². The molecule has 0 saturated carbocycles. The molecule has 0 N–H and O–H groups in total. The van der Waals surface area contributed by atoms with Crippen molar-refractivity contribution in [2.45, 2.75) is 12.8 Å². The zero-order valence-electron chi connectivity index (χ0n) is 18.9. The lowest BCUT2D eigenvalue weighted by Crippen LogP contribution is -2.43. The van der Waals surface area contributed by atoms with Crippen LogP contribution in [-0.2, 0) is 19.4 Å². The molecule has 2 unspecified atom stereocenters. The molecule has 2 aliphatic carbocycles. The van der Waals surface area contributed by atoms with Gasteiger partial charge in [0.05, 0.1) is 0 Å². The van der Waals surface area contributed by atoms with E-state index in [1.54, 1.807) is 60.7 Å². The smallest absolute Gasteiger partial charge is 0.293 e. The van der Waals surface area contributed by atoms with E-state index in [-0.39, 0.29) is 24.0 Å². The van der Waals surface area contributed by atoms with Gasteiger partial charge < -0.3 is 0 Å². The molecular weight excluding hydrogens is 503 g/mol. The first-order valence-corrected chi connectivity index (χ1v) is 11.8. The highest BCUT2D eigenvalue weighted by atomic mass is 35.5. The Morgan fingerprint density at radius 3 is 1.28 bits per heavy atom. The Morgan fingerprint density at radius 1 is 0.611 bits per heavy atom. The van der Waals surface area contributed by atoms with Crippen molar-refractivity contribution in [3.8, 4) is 0 Å². The molecule has 36 heavy (non-hydrogen) atoms. The van der Waals surface area contributed by atoms with Crippen LogP contribution in [0.3, 0.4) is 0 Å². The van der Waals surface area contributed by atoms with Gasteiger partial charge in [-0.15, -0.1) is 0 Å². The summed E-state index contributed by atoms with van der Waals surface area (Å²) in [6.07, 6.45) is 8.28. The molecule has 2 aromatic rings. The van der Waals surface area contributed by atoms with E-state index in [2.05, 4.69) is 0 Å². The maximum atomic E-state index is 13.4. The van der Waals surface area contributed by atoms with Crippen LogP contribution in [0.25, 0.3) is 0 Å². The van der Waals surface area contributed by atoms with Gasteiger partial charge in [0.25, 0.3) is 0 Å². The summed E-state index contributed by atoms with van der Waals surface area (Å²) in [7, 11) is 0. The quantitative estimate of drug-likeness (QED) is 0.203. The van der Waals surface area contributed by atoms with Crippen molar-refractivity contribution in [1.29, 1.82) is 0 Å². The fourth-order valence-corrected chi connectivity index (χ4v) is 4.26. The van der Waals surface area contributed by atoms with Crippen molar-refractivity contribution in [2.75, 3.05) is 0 Å². The van der Waals surface area contributed by atoms with Crippen molar-refractivity contribution >= 4 is 46.7 Å². The van der Waals surface area contributed by atoms with Gasteiger partial charge in [-0.25, -0.2) is 19.4 Å². The summed E-state index contributed by atoms with van der Waals surface area (Å²) in [4.78, 5) is 63.1. The topological polar surface area (TPSA) is 86.7 Å². The second-order valence-electron chi connectivity index (χ2n) is 8.33. The third-order valence-electron chi connectivity index (χ3n) is 6.10. The van der Waals surface area contributed by atoms with E-state index in [1.807, 2.05) is 0 Å². The summed E-state index contributed by atoms with van der Waals surface area (Å²) in [5, 5.41) is 0.694. The molecule has 2 atom stereocenters. The van der Waals surface area contributed by atoms with Gasteiger partial charge in [0, 0.05) is 21.2 Å².